The summed E-state index contributed by atoms with van der Waals surface area (Å²) in [5, 5.41) is 12.0. The predicted octanol–water partition coefficient (Wildman–Crippen LogP) is 3.16. The van der Waals surface area contributed by atoms with E-state index in [-0.39, 0.29) is 0 Å². The summed E-state index contributed by atoms with van der Waals surface area (Å²) in [6.07, 6.45) is 1.04. The van der Waals surface area contributed by atoms with Gasteiger partial charge in [0.1, 0.15) is 0 Å². The maximum atomic E-state index is 10.5. The average molecular weight is 279 g/mol. The second kappa shape index (κ2) is 24.1. The lowest BCUT2D eigenvalue weighted by Gasteiger charge is -1.89. The van der Waals surface area contributed by atoms with Gasteiger partial charge in [0.15, 0.2) is 0 Å². The highest BCUT2D eigenvalue weighted by Crippen LogP contribution is 1.96. The van der Waals surface area contributed by atoms with Crippen LogP contribution in [0.3, 0.4) is 0 Å². The molecule has 1 unspecified atom stereocenters. The van der Waals surface area contributed by atoms with Crippen molar-refractivity contribution in [1.82, 2.24) is 0 Å². The molecule has 3 nitrogen and oxygen atoms in total. The summed E-state index contributed by atoms with van der Waals surface area (Å²) >= 11 is 7.24. The zero-order valence-electron chi connectivity index (χ0n) is 9.74. The summed E-state index contributed by atoms with van der Waals surface area (Å²) in [5.74, 6) is 4.76. The molecule has 0 aliphatic carbocycles. The van der Waals surface area contributed by atoms with E-state index in [1.54, 1.807) is 0 Å². The first kappa shape index (κ1) is 21.0. The topological polar surface area (TPSA) is 57.5 Å². The first-order valence-electron chi connectivity index (χ1n) is 4.91. The highest BCUT2D eigenvalue weighted by molar-refractivity contribution is 7.99. The van der Waals surface area contributed by atoms with Gasteiger partial charge in [-0.3, -0.25) is 14.7 Å². The fourth-order valence-corrected chi connectivity index (χ4v) is 2.04. The maximum Gasteiger partial charge on any atom is 0.0314 e. The van der Waals surface area contributed by atoms with Crippen LogP contribution in [-0.2, 0) is 10.8 Å². The second-order valence-corrected chi connectivity index (χ2v) is 5.96. The number of hydrogen-bond acceptors (Lipinski definition) is 4. The highest BCUT2D eigenvalue weighted by atomic mass is 35.5. The summed E-state index contributed by atoms with van der Waals surface area (Å²) in [6.45, 7) is 6.14. The van der Waals surface area contributed by atoms with Crippen LogP contribution in [0.2, 0.25) is 0 Å². The summed E-state index contributed by atoms with van der Waals surface area (Å²) in [7, 11) is -0.527. The van der Waals surface area contributed by atoms with Crippen molar-refractivity contribution in [2.24, 2.45) is 0 Å². The first-order valence-corrected chi connectivity index (χ1v) is 8.09. The Balaban J connectivity index is -0.000000166. The summed E-state index contributed by atoms with van der Waals surface area (Å²) < 4.78 is 10.5. The largest absolute Gasteiger partial charge is 0.260 e. The molecule has 0 heterocycles. The van der Waals surface area contributed by atoms with Gasteiger partial charge in [0.05, 0.1) is 0 Å². The van der Waals surface area contributed by atoms with Crippen LogP contribution in [0.25, 0.3) is 0 Å². The molecule has 6 heteroatoms. The van der Waals surface area contributed by atoms with Gasteiger partial charge in [0.25, 0.3) is 0 Å². The van der Waals surface area contributed by atoms with Crippen molar-refractivity contribution < 1.29 is 14.7 Å². The van der Waals surface area contributed by atoms with E-state index in [0.717, 1.165) is 29.6 Å². The van der Waals surface area contributed by atoms with Crippen molar-refractivity contribution in [2.75, 3.05) is 28.9 Å². The molecule has 0 aromatic rings. The Kier molecular flexibility index (Phi) is 33.8. The van der Waals surface area contributed by atoms with Crippen LogP contribution in [0.15, 0.2) is 0 Å². The Morgan fingerprint density at radius 1 is 1.27 bits per heavy atom. The number of halogens is 1. The van der Waals surface area contributed by atoms with E-state index < -0.39 is 10.8 Å². The molecule has 0 aliphatic heterocycles. The van der Waals surface area contributed by atoms with Gasteiger partial charge in [-0.1, -0.05) is 20.8 Å². The van der Waals surface area contributed by atoms with Gasteiger partial charge in [0, 0.05) is 33.9 Å². The molecule has 96 valence electrons. The molecule has 0 spiro atoms. The molecule has 1 atom stereocenters. The lowest BCUT2D eigenvalue weighted by atomic mass is 10.6. The average Bonchev–Trinajstić information content (AvgIpc) is 2.30. The zero-order valence-corrected chi connectivity index (χ0v) is 12.1. The molecule has 0 fully saturated rings. The molecule has 0 saturated heterocycles. The normalized spacial score (nSPS) is 10.5. The van der Waals surface area contributed by atoms with Crippen molar-refractivity contribution in [1.29, 1.82) is 0 Å². The van der Waals surface area contributed by atoms with E-state index in [1.807, 2.05) is 25.6 Å². The molecule has 0 bridgehead atoms. The monoisotopic (exact) mass is 278 g/mol. The van der Waals surface area contributed by atoms with E-state index >= 15 is 0 Å². The van der Waals surface area contributed by atoms with Crippen LogP contribution in [0.1, 0.15) is 27.2 Å². The van der Waals surface area contributed by atoms with Crippen LogP contribution in [0.4, 0.5) is 0 Å². The quantitative estimate of drug-likeness (QED) is 0.339. The molecule has 2 N–H and O–H groups in total. The van der Waals surface area contributed by atoms with E-state index in [4.69, 9.17) is 22.1 Å². The van der Waals surface area contributed by atoms with Crippen LogP contribution < -0.4 is 0 Å². The van der Waals surface area contributed by atoms with E-state index in [9.17, 15) is 4.21 Å². The lowest BCUT2D eigenvalue weighted by molar-refractivity contribution is -0.176. The van der Waals surface area contributed by atoms with Crippen molar-refractivity contribution in [3.63, 3.8) is 0 Å². The van der Waals surface area contributed by atoms with Gasteiger partial charge in [-0.2, -0.15) is 11.8 Å². The van der Waals surface area contributed by atoms with Gasteiger partial charge < -0.3 is 0 Å². The maximum absolute atomic E-state index is 10.5. The minimum Gasteiger partial charge on any atom is -0.260 e. The Labute approximate surface area is 105 Å². The molecule has 0 aromatic carbocycles. The molecule has 0 saturated carbocycles. The van der Waals surface area contributed by atoms with E-state index in [2.05, 4.69) is 6.92 Å². The molecule has 0 radical (unpaired) electrons. The van der Waals surface area contributed by atoms with Crippen LogP contribution in [0, 0.1) is 0 Å². The smallest absolute Gasteiger partial charge is 0.0314 e. The first-order chi connectivity index (χ1) is 7.22. The molecular weight excluding hydrogens is 256 g/mol. The number of thioether (sulfide) groups is 1. The highest BCUT2D eigenvalue weighted by Gasteiger charge is 1.88. The molecular formula is C9H23ClO3S2. The van der Waals surface area contributed by atoms with Gasteiger partial charge in [-0.05, 0) is 12.2 Å². The zero-order chi connectivity index (χ0) is 12.5. The van der Waals surface area contributed by atoms with Crippen LogP contribution in [0.5, 0.6) is 0 Å². The standard InChI is InChI=1S/C5H12OS.C4H9ClS.H2O2/c1-3-5-7(6)4-2;1-2-6-4-3-5;1-2/h3-5H2,1-2H3;2-4H2,1H3;1-2H. The van der Waals surface area contributed by atoms with Crippen molar-refractivity contribution in [2.45, 2.75) is 27.2 Å². The molecule has 0 aliphatic rings. The minimum atomic E-state index is -0.527. The third-order valence-electron chi connectivity index (χ3n) is 1.18. The number of alkyl halides is 1. The van der Waals surface area contributed by atoms with Gasteiger partial charge in [0.2, 0.25) is 0 Å². The van der Waals surface area contributed by atoms with Gasteiger partial charge in [-0.15, -0.1) is 11.6 Å². The Hall–Kier alpha value is 0.710. The third-order valence-corrected chi connectivity index (χ3v) is 4.00. The van der Waals surface area contributed by atoms with Crippen molar-refractivity contribution >= 4 is 34.2 Å². The third kappa shape index (κ3) is 31.3. The minimum absolute atomic E-state index is 0.527. The fourth-order valence-electron chi connectivity index (χ4n) is 0.571. The van der Waals surface area contributed by atoms with E-state index in [1.165, 1.54) is 5.75 Å². The molecule has 0 amide bonds. The van der Waals surface area contributed by atoms with Crippen molar-refractivity contribution in [3.8, 4) is 0 Å². The Bertz CT molecular complexity index is 112. The van der Waals surface area contributed by atoms with Gasteiger partial charge >= 0.3 is 0 Å². The van der Waals surface area contributed by atoms with Crippen molar-refractivity contribution in [3.05, 3.63) is 0 Å². The Morgan fingerprint density at radius 2 is 1.80 bits per heavy atom. The predicted molar refractivity (Wildman–Crippen MR) is 72.8 cm³/mol. The number of hydrogen-bond donors (Lipinski definition) is 2. The molecule has 15 heavy (non-hydrogen) atoms. The van der Waals surface area contributed by atoms with Gasteiger partial charge in [-0.25, -0.2) is 0 Å². The summed E-state index contributed by atoms with van der Waals surface area (Å²) in [5.41, 5.74) is 0. The fraction of sp³-hybridized carbons (Fsp3) is 1.00. The van der Waals surface area contributed by atoms with Crippen LogP contribution in [-0.4, -0.2) is 43.6 Å². The lowest BCUT2D eigenvalue weighted by Crippen LogP contribution is -1.96. The Morgan fingerprint density at radius 3 is 1.93 bits per heavy atom. The summed E-state index contributed by atoms with van der Waals surface area (Å²) in [4.78, 5) is 0. The number of rotatable bonds is 6. The molecule has 0 aromatic heterocycles. The SMILES string of the molecule is CCCS(=O)CC.CCSCCCl.OO. The summed E-state index contributed by atoms with van der Waals surface area (Å²) in [6, 6.07) is 0. The second-order valence-electron chi connectivity index (χ2n) is 2.32. The van der Waals surface area contributed by atoms with Crippen LogP contribution >= 0.6 is 23.4 Å². The molecule has 0 rings (SSSR count). The van der Waals surface area contributed by atoms with E-state index in [0.29, 0.717) is 0 Å².